The first-order valence-corrected chi connectivity index (χ1v) is 12.1. The topological polar surface area (TPSA) is 101 Å². The van der Waals surface area contributed by atoms with Crippen LogP contribution in [0.25, 0.3) is 0 Å². The van der Waals surface area contributed by atoms with Crippen LogP contribution in [-0.2, 0) is 17.8 Å². The Hall–Kier alpha value is -4.52. The number of nitrogens with zero attached hydrogens (tertiary/aromatic N) is 1. The molecule has 2 N–H and O–H groups in total. The number of ether oxygens (including phenoxy) is 2. The van der Waals surface area contributed by atoms with Crippen LogP contribution in [0.15, 0.2) is 91.0 Å². The molecule has 0 fully saturated rings. The molecule has 0 aliphatic heterocycles. The van der Waals surface area contributed by atoms with Crippen molar-refractivity contribution in [2.75, 3.05) is 0 Å². The molecule has 4 rings (SSSR count). The minimum Gasteiger partial charge on any atom is -0.489 e. The summed E-state index contributed by atoms with van der Waals surface area (Å²) >= 11 is 0. The lowest BCUT2D eigenvalue weighted by molar-refractivity contribution is -0.117. The number of aromatic nitrogens is 1. The van der Waals surface area contributed by atoms with Gasteiger partial charge in [0.15, 0.2) is 0 Å². The molecule has 0 saturated carbocycles. The lowest BCUT2D eigenvalue weighted by atomic mass is 9.91. The van der Waals surface area contributed by atoms with Crippen molar-refractivity contribution < 1.29 is 19.1 Å². The van der Waals surface area contributed by atoms with Crippen LogP contribution in [-0.4, -0.2) is 28.9 Å². The number of nitrogens with one attached hydrogen (secondary N) is 2. The van der Waals surface area contributed by atoms with Crippen molar-refractivity contribution in [3.05, 3.63) is 108 Å². The van der Waals surface area contributed by atoms with E-state index in [0.29, 0.717) is 24.5 Å². The number of carbonyl (C=O) groups excluding carboxylic acids is 2. The molecule has 1 heterocycles. The maximum atomic E-state index is 12.3. The normalized spacial score (nSPS) is 14.7. The van der Waals surface area contributed by atoms with E-state index in [0.717, 1.165) is 42.3 Å². The first kappa shape index (κ1) is 25.6. The number of benzene rings is 2. The zero-order chi connectivity index (χ0) is 26.0. The largest absolute Gasteiger partial charge is 0.489 e. The average Bonchev–Trinajstić information content (AvgIpc) is 2.93. The van der Waals surface area contributed by atoms with Gasteiger partial charge in [0.1, 0.15) is 18.1 Å². The predicted molar refractivity (Wildman–Crippen MR) is 142 cm³/mol. The average molecular weight is 496 g/mol. The number of amides is 1. The van der Waals surface area contributed by atoms with Gasteiger partial charge in [0.25, 0.3) is 0 Å². The lowest BCUT2D eigenvalue weighted by Crippen LogP contribution is -2.35. The van der Waals surface area contributed by atoms with Crippen molar-refractivity contribution in [2.24, 2.45) is 0 Å². The van der Waals surface area contributed by atoms with Crippen molar-refractivity contribution in [2.45, 2.75) is 38.3 Å². The Balaban J connectivity index is 1.45. The quantitative estimate of drug-likeness (QED) is 0.156. The molecule has 0 radical (unpaired) electrons. The molecule has 1 aliphatic rings. The van der Waals surface area contributed by atoms with E-state index in [2.05, 4.69) is 23.0 Å². The van der Waals surface area contributed by atoms with E-state index < -0.39 is 5.78 Å². The second kappa shape index (κ2) is 12.4. The molecule has 188 valence electrons. The van der Waals surface area contributed by atoms with Crippen molar-refractivity contribution >= 4 is 17.9 Å². The number of Topliss-reactive ketones (excluding diaryl/α,β-unsaturated/α-hetero) is 1. The summed E-state index contributed by atoms with van der Waals surface area (Å²) in [7, 11) is 0. The van der Waals surface area contributed by atoms with Gasteiger partial charge in [0, 0.05) is 18.2 Å². The first-order valence-electron chi connectivity index (χ1n) is 12.1. The highest BCUT2D eigenvalue weighted by Gasteiger charge is 2.19. The molecule has 0 bridgehead atoms. The van der Waals surface area contributed by atoms with Crippen LogP contribution in [0.4, 0.5) is 0 Å². The SMILES string of the molecule is C=CC(=O)NC1CCC=C(Cc2ccc(C(=O)C=N)c(Oc3ccc(OCc4ccccc4)cc3)n2)C1. The highest BCUT2D eigenvalue weighted by atomic mass is 16.5. The molecule has 2 aromatic carbocycles. The Kier molecular flexibility index (Phi) is 8.60. The van der Waals surface area contributed by atoms with Crippen molar-refractivity contribution in [3.8, 4) is 17.4 Å². The molecule has 7 heteroatoms. The van der Waals surface area contributed by atoms with E-state index in [1.54, 1.807) is 36.4 Å². The third kappa shape index (κ3) is 7.24. The van der Waals surface area contributed by atoms with Crippen molar-refractivity contribution in [3.63, 3.8) is 0 Å². The number of rotatable bonds is 11. The number of hydrogen-bond donors (Lipinski definition) is 2. The minimum absolute atomic E-state index is 0.0580. The van der Waals surface area contributed by atoms with Gasteiger partial charge >= 0.3 is 0 Å². The summed E-state index contributed by atoms with van der Waals surface area (Å²) in [5, 5.41) is 10.4. The fourth-order valence-electron chi connectivity index (χ4n) is 4.13. The summed E-state index contributed by atoms with van der Waals surface area (Å²) in [5.74, 6) is 0.680. The number of hydrogen-bond acceptors (Lipinski definition) is 6. The fraction of sp³-hybridized carbons (Fsp3) is 0.200. The van der Waals surface area contributed by atoms with Gasteiger partial charge in [-0.15, -0.1) is 0 Å². The highest BCUT2D eigenvalue weighted by molar-refractivity contribution is 6.35. The van der Waals surface area contributed by atoms with E-state index in [-0.39, 0.29) is 23.4 Å². The molecule has 1 atom stereocenters. The number of pyridine rings is 1. The molecular formula is C30H29N3O4. The van der Waals surface area contributed by atoms with E-state index in [1.165, 1.54) is 6.08 Å². The van der Waals surface area contributed by atoms with Crippen LogP contribution in [0, 0.1) is 5.41 Å². The van der Waals surface area contributed by atoms with Gasteiger partial charge in [-0.1, -0.05) is 48.6 Å². The molecule has 1 aliphatic carbocycles. The van der Waals surface area contributed by atoms with Crippen molar-refractivity contribution in [1.82, 2.24) is 10.3 Å². The Bertz CT molecular complexity index is 1300. The Morgan fingerprint density at radius 2 is 1.81 bits per heavy atom. The highest BCUT2D eigenvalue weighted by Crippen LogP contribution is 2.28. The zero-order valence-corrected chi connectivity index (χ0v) is 20.5. The van der Waals surface area contributed by atoms with Gasteiger partial charge in [0.2, 0.25) is 17.6 Å². The second-order valence-corrected chi connectivity index (χ2v) is 8.74. The first-order chi connectivity index (χ1) is 18.0. The van der Waals surface area contributed by atoms with Crippen LogP contribution in [0.5, 0.6) is 17.4 Å². The molecule has 37 heavy (non-hydrogen) atoms. The van der Waals surface area contributed by atoms with E-state index in [1.807, 2.05) is 30.3 Å². The summed E-state index contributed by atoms with van der Waals surface area (Å²) in [6, 6.07) is 20.5. The monoisotopic (exact) mass is 495 g/mol. The van der Waals surface area contributed by atoms with Crippen molar-refractivity contribution in [1.29, 1.82) is 5.41 Å². The maximum Gasteiger partial charge on any atom is 0.243 e. The molecule has 0 spiro atoms. The van der Waals surface area contributed by atoms with Crippen LogP contribution in [0.1, 0.15) is 40.9 Å². The molecule has 1 unspecified atom stereocenters. The van der Waals surface area contributed by atoms with Gasteiger partial charge < -0.3 is 20.2 Å². The van der Waals surface area contributed by atoms with E-state index in [4.69, 9.17) is 14.9 Å². The standard InChI is InChI=1S/C30H29N3O4/c1-2-29(35)32-23-10-6-9-22(17-23)18-24-11-16-27(28(34)19-31)30(33-24)37-26-14-12-25(13-15-26)36-20-21-7-4-3-5-8-21/h2-5,7-9,11-16,19,23,31H,1,6,10,17-18,20H2,(H,32,35). The predicted octanol–water partition coefficient (Wildman–Crippen LogP) is 5.61. The van der Waals surface area contributed by atoms with E-state index >= 15 is 0 Å². The molecule has 0 saturated heterocycles. The van der Waals surface area contributed by atoms with Crippen LogP contribution in [0.2, 0.25) is 0 Å². The van der Waals surface area contributed by atoms with Crippen LogP contribution < -0.4 is 14.8 Å². The van der Waals surface area contributed by atoms with Gasteiger partial charge in [0.05, 0.1) is 11.8 Å². The third-order valence-electron chi connectivity index (χ3n) is 6.00. The maximum absolute atomic E-state index is 12.3. The van der Waals surface area contributed by atoms with Gasteiger partial charge in [-0.3, -0.25) is 9.59 Å². The summed E-state index contributed by atoms with van der Waals surface area (Å²) in [6.45, 7) is 3.97. The fourth-order valence-corrected chi connectivity index (χ4v) is 4.13. The summed E-state index contributed by atoms with van der Waals surface area (Å²) in [5.41, 5.74) is 3.18. The van der Waals surface area contributed by atoms with Crippen LogP contribution in [0.3, 0.4) is 0 Å². The molecule has 1 amide bonds. The molecule has 7 nitrogen and oxygen atoms in total. The van der Waals surface area contributed by atoms with Gasteiger partial charge in [-0.25, -0.2) is 4.98 Å². The summed E-state index contributed by atoms with van der Waals surface area (Å²) < 4.78 is 11.8. The van der Waals surface area contributed by atoms with Gasteiger partial charge in [-0.05, 0) is 67.3 Å². The smallest absolute Gasteiger partial charge is 0.243 e. The Morgan fingerprint density at radius 1 is 1.05 bits per heavy atom. The minimum atomic E-state index is -0.485. The number of allylic oxidation sites excluding steroid dienone is 1. The second-order valence-electron chi connectivity index (χ2n) is 8.74. The summed E-state index contributed by atoms with van der Waals surface area (Å²) in [6.07, 6.45) is 7.24. The zero-order valence-electron chi connectivity index (χ0n) is 20.5. The van der Waals surface area contributed by atoms with E-state index in [9.17, 15) is 9.59 Å². The Morgan fingerprint density at radius 3 is 2.54 bits per heavy atom. The summed E-state index contributed by atoms with van der Waals surface area (Å²) in [4.78, 5) is 28.6. The molecular weight excluding hydrogens is 466 g/mol. The van der Waals surface area contributed by atoms with Gasteiger partial charge in [-0.2, -0.15) is 0 Å². The van der Waals surface area contributed by atoms with Crippen LogP contribution >= 0.6 is 0 Å². The molecule has 1 aromatic heterocycles. The lowest BCUT2D eigenvalue weighted by Gasteiger charge is -2.23. The number of carbonyl (C=O) groups is 2. The third-order valence-corrected chi connectivity index (χ3v) is 6.00. The molecule has 3 aromatic rings. The Labute approximate surface area is 216 Å². The number of ketones is 1.